The Morgan fingerprint density at radius 3 is 2.62 bits per heavy atom. The van der Waals surface area contributed by atoms with Gasteiger partial charge in [-0.25, -0.2) is 0 Å². The van der Waals surface area contributed by atoms with Gasteiger partial charge in [0.05, 0.1) is 16.3 Å². The van der Waals surface area contributed by atoms with Gasteiger partial charge in [0.15, 0.2) is 11.5 Å². The highest BCUT2D eigenvalue weighted by Crippen LogP contribution is 2.36. The van der Waals surface area contributed by atoms with Crippen molar-refractivity contribution >= 4 is 40.5 Å². The fraction of sp³-hybridized carbons (Fsp3) is 0.0714. The molecular formula is C14H10Cl2N2O3. The molecule has 5 nitrogen and oxygen atoms in total. The van der Waals surface area contributed by atoms with Gasteiger partial charge in [0.2, 0.25) is 6.79 Å². The van der Waals surface area contributed by atoms with Crippen molar-refractivity contribution in [1.82, 2.24) is 0 Å². The van der Waals surface area contributed by atoms with Crippen molar-refractivity contribution in [2.45, 2.75) is 0 Å². The Labute approximate surface area is 130 Å². The molecule has 0 spiro atoms. The number of ether oxygens (including phenoxy) is 2. The van der Waals surface area contributed by atoms with E-state index in [1.165, 1.54) is 6.07 Å². The minimum absolute atomic E-state index is 0.111. The number of anilines is 2. The summed E-state index contributed by atoms with van der Waals surface area (Å²) in [5, 5.41) is 3.52. The maximum absolute atomic E-state index is 12.3. The van der Waals surface area contributed by atoms with Crippen molar-refractivity contribution in [3.05, 3.63) is 45.9 Å². The molecule has 2 aromatic carbocycles. The molecule has 0 atom stereocenters. The smallest absolute Gasteiger partial charge is 0.257 e. The minimum Gasteiger partial charge on any atom is -0.454 e. The van der Waals surface area contributed by atoms with Gasteiger partial charge in [0, 0.05) is 16.8 Å². The predicted molar refractivity (Wildman–Crippen MR) is 81.4 cm³/mol. The molecule has 1 aliphatic heterocycles. The number of carbonyl (C=O) groups excluding carboxylic acids is 1. The summed E-state index contributed by atoms with van der Waals surface area (Å²) in [4.78, 5) is 12.3. The van der Waals surface area contributed by atoms with Crippen LogP contribution >= 0.6 is 23.2 Å². The van der Waals surface area contributed by atoms with Crippen LogP contribution in [0.3, 0.4) is 0 Å². The van der Waals surface area contributed by atoms with E-state index in [4.69, 9.17) is 38.4 Å². The van der Waals surface area contributed by atoms with E-state index in [0.29, 0.717) is 27.2 Å². The highest BCUT2D eigenvalue weighted by Gasteiger charge is 2.20. The quantitative estimate of drug-likeness (QED) is 0.828. The van der Waals surface area contributed by atoms with Crippen molar-refractivity contribution in [2.75, 3.05) is 17.8 Å². The summed E-state index contributed by atoms with van der Waals surface area (Å²) >= 11 is 11.9. The van der Waals surface area contributed by atoms with Gasteiger partial charge >= 0.3 is 0 Å². The average molecular weight is 325 g/mol. The van der Waals surface area contributed by atoms with E-state index in [-0.39, 0.29) is 18.0 Å². The lowest BCUT2D eigenvalue weighted by Crippen LogP contribution is -2.14. The number of hydrogen-bond acceptors (Lipinski definition) is 4. The molecule has 0 radical (unpaired) electrons. The van der Waals surface area contributed by atoms with Gasteiger partial charge in [-0.3, -0.25) is 4.79 Å². The van der Waals surface area contributed by atoms with E-state index in [1.54, 1.807) is 24.3 Å². The number of hydrogen-bond donors (Lipinski definition) is 2. The van der Waals surface area contributed by atoms with Gasteiger partial charge < -0.3 is 20.5 Å². The SMILES string of the molecule is Nc1cc2c(cc1C(=O)Nc1cc(Cl)ccc1Cl)OCO2. The Kier molecular flexibility index (Phi) is 3.53. The molecule has 7 heteroatoms. The molecule has 0 saturated heterocycles. The monoisotopic (exact) mass is 324 g/mol. The fourth-order valence-electron chi connectivity index (χ4n) is 1.94. The Morgan fingerprint density at radius 1 is 1.14 bits per heavy atom. The van der Waals surface area contributed by atoms with Crippen LogP contribution in [0.4, 0.5) is 11.4 Å². The first-order valence-corrected chi connectivity index (χ1v) is 6.76. The first-order chi connectivity index (χ1) is 10.0. The lowest BCUT2D eigenvalue weighted by molar-refractivity contribution is 0.102. The van der Waals surface area contributed by atoms with Crippen LogP contribution in [0.2, 0.25) is 10.0 Å². The largest absolute Gasteiger partial charge is 0.454 e. The first-order valence-electron chi connectivity index (χ1n) is 6.00. The summed E-state index contributed by atoms with van der Waals surface area (Å²) in [6.07, 6.45) is 0. The van der Waals surface area contributed by atoms with Crippen LogP contribution in [-0.2, 0) is 0 Å². The Bertz CT molecular complexity index is 734. The number of carbonyl (C=O) groups is 1. The first kappa shape index (κ1) is 13.9. The van der Waals surface area contributed by atoms with Gasteiger partial charge in [0.1, 0.15) is 0 Å². The lowest BCUT2D eigenvalue weighted by atomic mass is 10.1. The second-order valence-corrected chi connectivity index (χ2v) is 5.21. The molecular weight excluding hydrogens is 315 g/mol. The summed E-state index contributed by atoms with van der Waals surface area (Å²) in [7, 11) is 0. The molecule has 0 aromatic heterocycles. The number of fused-ring (bicyclic) bond motifs is 1. The van der Waals surface area contributed by atoms with Crippen LogP contribution in [0.1, 0.15) is 10.4 Å². The zero-order valence-corrected chi connectivity index (χ0v) is 12.2. The second-order valence-electron chi connectivity index (χ2n) is 4.37. The molecule has 0 bridgehead atoms. The molecule has 0 unspecified atom stereocenters. The number of nitrogens with one attached hydrogen (secondary N) is 1. The highest BCUT2D eigenvalue weighted by atomic mass is 35.5. The van der Waals surface area contributed by atoms with Crippen LogP contribution in [0.15, 0.2) is 30.3 Å². The summed E-state index contributed by atoms with van der Waals surface area (Å²) in [5.74, 6) is 0.589. The van der Waals surface area contributed by atoms with E-state index in [1.807, 2.05) is 0 Å². The van der Waals surface area contributed by atoms with Gasteiger partial charge in [-0.2, -0.15) is 0 Å². The van der Waals surface area contributed by atoms with E-state index >= 15 is 0 Å². The number of rotatable bonds is 2. The van der Waals surface area contributed by atoms with Gasteiger partial charge in [-0.1, -0.05) is 23.2 Å². The molecule has 3 rings (SSSR count). The normalized spacial score (nSPS) is 12.3. The number of nitrogen functional groups attached to an aromatic ring is 1. The number of halogens is 2. The molecule has 1 aliphatic rings. The summed E-state index contributed by atoms with van der Waals surface area (Å²) in [6.45, 7) is 0.111. The van der Waals surface area contributed by atoms with E-state index in [9.17, 15) is 4.79 Å². The molecule has 108 valence electrons. The van der Waals surface area contributed by atoms with Crippen LogP contribution in [-0.4, -0.2) is 12.7 Å². The topological polar surface area (TPSA) is 73.6 Å². The molecule has 0 fully saturated rings. The van der Waals surface area contributed by atoms with Crippen LogP contribution in [0.25, 0.3) is 0 Å². The van der Waals surface area contributed by atoms with Gasteiger partial charge in [0.25, 0.3) is 5.91 Å². The predicted octanol–water partition coefficient (Wildman–Crippen LogP) is 3.56. The fourth-order valence-corrected chi connectivity index (χ4v) is 2.27. The minimum atomic E-state index is -0.407. The van der Waals surface area contributed by atoms with Crippen LogP contribution in [0, 0.1) is 0 Å². The van der Waals surface area contributed by atoms with E-state index < -0.39 is 5.91 Å². The van der Waals surface area contributed by atoms with Crippen molar-refractivity contribution in [2.24, 2.45) is 0 Å². The Hall–Kier alpha value is -2.11. The molecule has 0 aliphatic carbocycles. The Morgan fingerprint density at radius 2 is 1.86 bits per heavy atom. The van der Waals surface area contributed by atoms with E-state index in [2.05, 4.69) is 5.32 Å². The van der Waals surface area contributed by atoms with Crippen molar-refractivity contribution in [3.8, 4) is 11.5 Å². The number of nitrogens with two attached hydrogens (primary N) is 1. The molecule has 2 aromatic rings. The van der Waals surface area contributed by atoms with E-state index in [0.717, 1.165) is 0 Å². The van der Waals surface area contributed by atoms with Crippen molar-refractivity contribution in [3.63, 3.8) is 0 Å². The third-order valence-electron chi connectivity index (χ3n) is 2.97. The zero-order valence-electron chi connectivity index (χ0n) is 10.7. The summed E-state index contributed by atoms with van der Waals surface area (Å²) in [5.41, 5.74) is 6.83. The van der Waals surface area contributed by atoms with Crippen LogP contribution in [0.5, 0.6) is 11.5 Å². The standard InChI is InChI=1S/C14H10Cl2N2O3/c15-7-1-2-9(16)11(3-7)18-14(19)8-4-12-13(5-10(8)17)21-6-20-12/h1-5H,6,17H2,(H,18,19). The van der Waals surface area contributed by atoms with Crippen molar-refractivity contribution < 1.29 is 14.3 Å². The summed E-state index contributed by atoms with van der Waals surface area (Å²) < 4.78 is 10.4. The zero-order chi connectivity index (χ0) is 15.0. The number of amides is 1. The van der Waals surface area contributed by atoms with Crippen LogP contribution < -0.4 is 20.5 Å². The average Bonchev–Trinajstić information content (AvgIpc) is 2.89. The molecule has 1 heterocycles. The van der Waals surface area contributed by atoms with Gasteiger partial charge in [-0.05, 0) is 24.3 Å². The molecule has 0 saturated carbocycles. The maximum atomic E-state index is 12.3. The van der Waals surface area contributed by atoms with Gasteiger partial charge in [-0.15, -0.1) is 0 Å². The number of benzene rings is 2. The molecule has 21 heavy (non-hydrogen) atoms. The van der Waals surface area contributed by atoms with Crippen molar-refractivity contribution in [1.29, 1.82) is 0 Å². The summed E-state index contributed by atoms with van der Waals surface area (Å²) in [6, 6.07) is 7.88. The molecule has 1 amide bonds. The molecule has 3 N–H and O–H groups in total. The maximum Gasteiger partial charge on any atom is 0.257 e. The third-order valence-corrected chi connectivity index (χ3v) is 3.53. The second kappa shape index (κ2) is 5.35. The lowest BCUT2D eigenvalue weighted by Gasteiger charge is -2.10. The Balaban J connectivity index is 1.91. The highest BCUT2D eigenvalue weighted by molar-refractivity contribution is 6.36. The third kappa shape index (κ3) is 2.70.